The summed E-state index contributed by atoms with van der Waals surface area (Å²) >= 11 is 0. The molecule has 0 saturated carbocycles. The summed E-state index contributed by atoms with van der Waals surface area (Å²) in [7, 11) is 1.90. The third kappa shape index (κ3) is 1.85. The molecule has 74 valence electrons. The maximum absolute atomic E-state index is 4.24. The van der Waals surface area contributed by atoms with Crippen molar-refractivity contribution in [1.29, 1.82) is 0 Å². The number of nitrogens with one attached hydrogen (secondary N) is 2. The number of rotatable bonds is 2. The Balaban J connectivity index is 3.16. The summed E-state index contributed by atoms with van der Waals surface area (Å²) in [5, 5.41) is 10.4. The van der Waals surface area contributed by atoms with Crippen LogP contribution in [-0.2, 0) is 11.8 Å². The monoisotopic (exact) mass is 181 g/mol. The lowest BCUT2D eigenvalue weighted by Crippen LogP contribution is -2.14. The number of aromatic nitrogens is 2. The summed E-state index contributed by atoms with van der Waals surface area (Å²) in [4.78, 5) is 0. The highest BCUT2D eigenvalue weighted by atomic mass is 15.2. The van der Waals surface area contributed by atoms with Crippen LogP contribution in [0.3, 0.4) is 0 Å². The van der Waals surface area contributed by atoms with Crippen LogP contribution in [0.15, 0.2) is 0 Å². The molecule has 1 aromatic heterocycles. The van der Waals surface area contributed by atoms with Gasteiger partial charge in [-0.25, -0.2) is 0 Å². The van der Waals surface area contributed by atoms with E-state index in [1.807, 2.05) is 7.05 Å². The van der Waals surface area contributed by atoms with Crippen LogP contribution < -0.4 is 5.32 Å². The Morgan fingerprint density at radius 2 is 2.00 bits per heavy atom. The van der Waals surface area contributed by atoms with Gasteiger partial charge in [-0.3, -0.25) is 5.10 Å². The van der Waals surface area contributed by atoms with Crippen LogP contribution in [0.2, 0.25) is 0 Å². The number of aromatic amines is 1. The van der Waals surface area contributed by atoms with Gasteiger partial charge in [0.05, 0.1) is 0 Å². The predicted molar refractivity (Wildman–Crippen MR) is 56.2 cm³/mol. The van der Waals surface area contributed by atoms with E-state index in [1.54, 1.807) is 0 Å². The largest absolute Gasteiger partial charge is 0.371 e. The van der Waals surface area contributed by atoms with Gasteiger partial charge in [0.15, 0.2) is 5.82 Å². The molecule has 0 spiro atoms. The highest BCUT2D eigenvalue weighted by Gasteiger charge is 2.21. The van der Waals surface area contributed by atoms with E-state index in [0.717, 1.165) is 12.2 Å². The first-order chi connectivity index (χ1) is 6.00. The Labute approximate surface area is 79.9 Å². The topological polar surface area (TPSA) is 40.7 Å². The Morgan fingerprint density at radius 3 is 2.38 bits per heavy atom. The molecule has 1 aromatic rings. The molecular weight excluding hydrogens is 162 g/mol. The molecular formula is C10H19N3. The van der Waals surface area contributed by atoms with E-state index >= 15 is 0 Å². The van der Waals surface area contributed by atoms with Crippen molar-refractivity contribution in [1.82, 2.24) is 10.2 Å². The molecule has 3 nitrogen and oxygen atoms in total. The van der Waals surface area contributed by atoms with E-state index in [2.05, 4.69) is 43.2 Å². The summed E-state index contributed by atoms with van der Waals surface area (Å²) in [5.74, 6) is 0.979. The van der Waals surface area contributed by atoms with Gasteiger partial charge >= 0.3 is 0 Å². The minimum Gasteiger partial charge on any atom is -0.371 e. The second-order valence-corrected chi connectivity index (χ2v) is 4.28. The maximum Gasteiger partial charge on any atom is 0.151 e. The molecule has 0 radical (unpaired) electrons. The van der Waals surface area contributed by atoms with Crippen molar-refractivity contribution in [3.05, 3.63) is 11.3 Å². The molecule has 0 aliphatic heterocycles. The van der Waals surface area contributed by atoms with Crippen LogP contribution in [0.25, 0.3) is 0 Å². The molecule has 1 rings (SSSR count). The first kappa shape index (κ1) is 10.1. The molecule has 0 atom stereocenters. The van der Waals surface area contributed by atoms with E-state index in [9.17, 15) is 0 Å². The van der Waals surface area contributed by atoms with Gasteiger partial charge in [0.1, 0.15) is 0 Å². The number of anilines is 1. The molecule has 3 heteroatoms. The van der Waals surface area contributed by atoms with Crippen molar-refractivity contribution in [2.75, 3.05) is 12.4 Å². The maximum atomic E-state index is 4.24. The van der Waals surface area contributed by atoms with Crippen LogP contribution in [0.5, 0.6) is 0 Å². The lowest BCUT2D eigenvalue weighted by molar-refractivity contribution is 0.561. The smallest absolute Gasteiger partial charge is 0.151 e. The lowest BCUT2D eigenvalue weighted by Gasteiger charge is -2.18. The van der Waals surface area contributed by atoms with Gasteiger partial charge in [0.2, 0.25) is 0 Å². The fourth-order valence-corrected chi connectivity index (χ4v) is 1.54. The van der Waals surface area contributed by atoms with E-state index in [-0.39, 0.29) is 5.41 Å². The van der Waals surface area contributed by atoms with Gasteiger partial charge in [-0.15, -0.1) is 0 Å². The Kier molecular flexibility index (Phi) is 2.64. The molecule has 2 N–H and O–H groups in total. The first-order valence-corrected chi connectivity index (χ1v) is 4.76. The number of hydrogen-bond acceptors (Lipinski definition) is 2. The van der Waals surface area contributed by atoms with E-state index in [4.69, 9.17) is 0 Å². The Hall–Kier alpha value is -0.990. The van der Waals surface area contributed by atoms with Gasteiger partial charge in [-0.1, -0.05) is 27.7 Å². The van der Waals surface area contributed by atoms with Crippen molar-refractivity contribution in [3.63, 3.8) is 0 Å². The third-order valence-electron chi connectivity index (χ3n) is 2.21. The summed E-state index contributed by atoms with van der Waals surface area (Å²) in [6, 6.07) is 0. The number of H-pyrrole nitrogens is 1. The summed E-state index contributed by atoms with van der Waals surface area (Å²) in [6.07, 6.45) is 1.01. The molecule has 0 aliphatic rings. The highest BCUT2D eigenvalue weighted by Crippen LogP contribution is 2.28. The minimum absolute atomic E-state index is 0.146. The summed E-state index contributed by atoms with van der Waals surface area (Å²) < 4.78 is 0. The Morgan fingerprint density at radius 1 is 1.38 bits per heavy atom. The van der Waals surface area contributed by atoms with Gasteiger partial charge in [0, 0.05) is 23.7 Å². The lowest BCUT2D eigenvalue weighted by atomic mass is 9.88. The fourth-order valence-electron chi connectivity index (χ4n) is 1.54. The number of nitrogens with zero attached hydrogens (tertiary/aromatic N) is 1. The van der Waals surface area contributed by atoms with Crippen LogP contribution in [0.1, 0.15) is 39.0 Å². The second kappa shape index (κ2) is 3.40. The molecule has 0 fully saturated rings. The zero-order valence-electron chi connectivity index (χ0n) is 9.15. The van der Waals surface area contributed by atoms with Crippen LogP contribution >= 0.6 is 0 Å². The van der Waals surface area contributed by atoms with Gasteiger partial charge in [-0.05, 0) is 6.42 Å². The van der Waals surface area contributed by atoms with Crippen molar-refractivity contribution in [3.8, 4) is 0 Å². The van der Waals surface area contributed by atoms with Crippen molar-refractivity contribution in [2.24, 2.45) is 0 Å². The molecule has 0 unspecified atom stereocenters. The summed E-state index contributed by atoms with van der Waals surface area (Å²) in [6.45, 7) is 8.73. The molecule has 1 heterocycles. The normalized spacial score (nSPS) is 11.8. The SMILES string of the molecule is CCc1c(NC)n[nH]c1C(C)(C)C. The first-order valence-electron chi connectivity index (χ1n) is 4.76. The molecule has 0 aliphatic carbocycles. The van der Waals surface area contributed by atoms with Gasteiger partial charge in [0.25, 0.3) is 0 Å². The standard InChI is InChI=1S/C10H19N3/c1-6-7-8(10(2,3)4)12-13-9(7)11-5/h6H2,1-5H3,(H2,11,12,13). The van der Waals surface area contributed by atoms with E-state index in [1.165, 1.54) is 11.3 Å². The predicted octanol–water partition coefficient (Wildman–Crippen LogP) is 2.31. The van der Waals surface area contributed by atoms with Gasteiger partial charge < -0.3 is 5.32 Å². The van der Waals surface area contributed by atoms with Crippen molar-refractivity contribution >= 4 is 5.82 Å². The van der Waals surface area contributed by atoms with E-state index < -0.39 is 0 Å². The molecule has 13 heavy (non-hydrogen) atoms. The van der Waals surface area contributed by atoms with Crippen LogP contribution in [0, 0.1) is 0 Å². The van der Waals surface area contributed by atoms with Crippen molar-refractivity contribution < 1.29 is 0 Å². The van der Waals surface area contributed by atoms with Gasteiger partial charge in [-0.2, -0.15) is 5.10 Å². The van der Waals surface area contributed by atoms with E-state index in [0.29, 0.717) is 0 Å². The Bertz CT molecular complexity index is 281. The molecule has 0 bridgehead atoms. The average molecular weight is 181 g/mol. The minimum atomic E-state index is 0.146. The summed E-state index contributed by atoms with van der Waals surface area (Å²) in [5.41, 5.74) is 2.68. The van der Waals surface area contributed by atoms with Crippen LogP contribution in [-0.4, -0.2) is 17.2 Å². The number of hydrogen-bond donors (Lipinski definition) is 2. The van der Waals surface area contributed by atoms with Crippen molar-refractivity contribution in [2.45, 2.75) is 39.5 Å². The third-order valence-corrected chi connectivity index (χ3v) is 2.21. The fraction of sp³-hybridized carbons (Fsp3) is 0.700. The second-order valence-electron chi connectivity index (χ2n) is 4.28. The highest BCUT2D eigenvalue weighted by molar-refractivity contribution is 5.47. The van der Waals surface area contributed by atoms with Crippen LogP contribution in [0.4, 0.5) is 5.82 Å². The zero-order chi connectivity index (χ0) is 10.1. The average Bonchev–Trinajstić information content (AvgIpc) is 2.45. The zero-order valence-corrected chi connectivity index (χ0v) is 9.15. The molecule has 0 saturated heterocycles. The molecule has 0 aromatic carbocycles. The molecule has 0 amide bonds. The quantitative estimate of drug-likeness (QED) is 0.735.